The van der Waals surface area contributed by atoms with E-state index in [-0.39, 0.29) is 0 Å². The molecule has 2 heteroatoms. The zero-order chi connectivity index (χ0) is 15.2. The van der Waals surface area contributed by atoms with Crippen molar-refractivity contribution >= 4 is 11.3 Å². The van der Waals surface area contributed by atoms with Crippen LogP contribution in [0.2, 0.25) is 0 Å². The molecule has 0 fully saturated rings. The highest BCUT2D eigenvalue weighted by Crippen LogP contribution is 2.11. The molecular formula is C19H35NS. The van der Waals surface area contributed by atoms with Crippen molar-refractivity contribution in [1.82, 2.24) is 5.32 Å². The highest BCUT2D eigenvalue weighted by Gasteiger charge is 2.02. The Hall–Kier alpha value is -0.340. The molecule has 0 bridgehead atoms. The number of unbranched alkanes of at least 4 members (excludes halogenated alkanes) is 9. The van der Waals surface area contributed by atoms with Crippen LogP contribution in [0, 0.1) is 0 Å². The molecule has 0 saturated carbocycles. The Bertz CT molecular complexity index is 307. The number of nitrogens with one attached hydrogen (secondary N) is 1. The Balaban J connectivity index is 1.80. The topological polar surface area (TPSA) is 12.0 Å². The van der Waals surface area contributed by atoms with Gasteiger partial charge in [0, 0.05) is 6.04 Å². The van der Waals surface area contributed by atoms with Crippen molar-refractivity contribution in [3.05, 3.63) is 22.4 Å². The standard InChI is InChI=1S/C19H35NS/c1-3-4-5-6-7-8-9-10-11-12-14-20-18(2)16-19-13-15-21-17-19/h13,15,17-18,20H,3-12,14,16H2,1-2H3. The molecule has 0 aliphatic rings. The molecule has 1 atom stereocenters. The molecule has 0 saturated heterocycles. The third-order valence-corrected chi connectivity index (χ3v) is 4.88. The van der Waals surface area contributed by atoms with Gasteiger partial charge in [-0.25, -0.2) is 0 Å². The molecular weight excluding hydrogens is 274 g/mol. The molecule has 0 aromatic carbocycles. The summed E-state index contributed by atoms with van der Waals surface area (Å²) in [7, 11) is 0. The van der Waals surface area contributed by atoms with Crippen molar-refractivity contribution in [2.24, 2.45) is 0 Å². The van der Waals surface area contributed by atoms with Crippen LogP contribution >= 0.6 is 11.3 Å². The van der Waals surface area contributed by atoms with Gasteiger partial charge < -0.3 is 5.32 Å². The summed E-state index contributed by atoms with van der Waals surface area (Å²) in [5.41, 5.74) is 1.48. The molecule has 0 spiro atoms. The molecule has 0 radical (unpaired) electrons. The average molecular weight is 310 g/mol. The lowest BCUT2D eigenvalue weighted by Gasteiger charge is -2.12. The molecule has 1 N–H and O–H groups in total. The second-order valence-electron chi connectivity index (χ2n) is 6.37. The first-order valence-corrected chi connectivity index (χ1v) is 10.0. The zero-order valence-electron chi connectivity index (χ0n) is 14.2. The summed E-state index contributed by atoms with van der Waals surface area (Å²) >= 11 is 1.80. The first-order valence-electron chi connectivity index (χ1n) is 9.07. The van der Waals surface area contributed by atoms with E-state index in [1.807, 2.05) is 0 Å². The fourth-order valence-corrected chi connectivity index (χ4v) is 3.48. The molecule has 1 unspecified atom stereocenters. The van der Waals surface area contributed by atoms with Crippen LogP contribution in [0.5, 0.6) is 0 Å². The minimum absolute atomic E-state index is 0.609. The molecule has 1 aromatic heterocycles. The van der Waals surface area contributed by atoms with Gasteiger partial charge >= 0.3 is 0 Å². The van der Waals surface area contributed by atoms with Crippen LogP contribution < -0.4 is 5.32 Å². The summed E-state index contributed by atoms with van der Waals surface area (Å²) in [5.74, 6) is 0. The fraction of sp³-hybridized carbons (Fsp3) is 0.789. The Kier molecular flexibility index (Phi) is 11.9. The molecule has 1 rings (SSSR count). The van der Waals surface area contributed by atoms with Crippen molar-refractivity contribution in [2.45, 2.75) is 90.5 Å². The monoisotopic (exact) mass is 309 g/mol. The quantitative estimate of drug-likeness (QED) is 0.404. The molecule has 21 heavy (non-hydrogen) atoms. The van der Waals surface area contributed by atoms with Gasteiger partial charge in [-0.05, 0) is 48.7 Å². The van der Waals surface area contributed by atoms with Crippen molar-refractivity contribution in [2.75, 3.05) is 6.54 Å². The maximum absolute atomic E-state index is 3.65. The van der Waals surface area contributed by atoms with Gasteiger partial charge in [0.2, 0.25) is 0 Å². The molecule has 1 heterocycles. The minimum atomic E-state index is 0.609. The Morgan fingerprint density at radius 2 is 1.57 bits per heavy atom. The van der Waals surface area contributed by atoms with E-state index >= 15 is 0 Å². The molecule has 0 amide bonds. The molecule has 122 valence electrons. The van der Waals surface area contributed by atoms with Crippen molar-refractivity contribution in [1.29, 1.82) is 0 Å². The van der Waals surface area contributed by atoms with Crippen LogP contribution in [0.25, 0.3) is 0 Å². The number of thiophene rings is 1. The predicted octanol–water partition coefficient (Wildman–Crippen LogP) is 6.19. The summed E-state index contributed by atoms with van der Waals surface area (Å²) < 4.78 is 0. The lowest BCUT2D eigenvalue weighted by atomic mass is 10.1. The molecule has 0 aliphatic heterocycles. The zero-order valence-corrected chi connectivity index (χ0v) is 15.0. The second-order valence-corrected chi connectivity index (χ2v) is 7.15. The summed E-state index contributed by atoms with van der Waals surface area (Å²) in [4.78, 5) is 0. The van der Waals surface area contributed by atoms with E-state index in [1.54, 1.807) is 11.3 Å². The highest BCUT2D eigenvalue weighted by atomic mass is 32.1. The normalized spacial score (nSPS) is 12.7. The average Bonchev–Trinajstić information content (AvgIpc) is 2.97. The van der Waals surface area contributed by atoms with E-state index in [1.165, 1.54) is 82.7 Å². The maximum Gasteiger partial charge on any atom is 0.00794 e. The van der Waals surface area contributed by atoms with Gasteiger partial charge in [-0.2, -0.15) is 11.3 Å². The predicted molar refractivity (Wildman–Crippen MR) is 97.3 cm³/mol. The van der Waals surface area contributed by atoms with E-state index in [4.69, 9.17) is 0 Å². The molecule has 1 aromatic rings. The van der Waals surface area contributed by atoms with Gasteiger partial charge in [0.05, 0.1) is 0 Å². The van der Waals surface area contributed by atoms with Gasteiger partial charge in [0.15, 0.2) is 0 Å². The van der Waals surface area contributed by atoms with E-state index < -0.39 is 0 Å². The van der Waals surface area contributed by atoms with E-state index in [0.29, 0.717) is 6.04 Å². The van der Waals surface area contributed by atoms with Crippen molar-refractivity contribution in [3.8, 4) is 0 Å². The first kappa shape index (κ1) is 18.7. The smallest absolute Gasteiger partial charge is 0.00794 e. The fourth-order valence-electron chi connectivity index (χ4n) is 2.80. The van der Waals surface area contributed by atoms with Crippen LogP contribution in [0.4, 0.5) is 0 Å². The van der Waals surface area contributed by atoms with E-state index in [0.717, 1.165) is 0 Å². The molecule has 1 nitrogen and oxygen atoms in total. The first-order chi connectivity index (χ1) is 10.3. The second kappa shape index (κ2) is 13.3. The van der Waals surface area contributed by atoms with Crippen LogP contribution in [0.3, 0.4) is 0 Å². The summed E-state index contributed by atoms with van der Waals surface area (Å²) in [5, 5.41) is 8.08. The summed E-state index contributed by atoms with van der Waals surface area (Å²) in [6.07, 6.45) is 15.4. The lowest BCUT2D eigenvalue weighted by molar-refractivity contribution is 0.506. The van der Waals surface area contributed by atoms with Crippen LogP contribution in [-0.4, -0.2) is 12.6 Å². The van der Waals surface area contributed by atoms with Crippen molar-refractivity contribution in [3.63, 3.8) is 0 Å². The van der Waals surface area contributed by atoms with Gasteiger partial charge in [-0.15, -0.1) is 0 Å². The highest BCUT2D eigenvalue weighted by molar-refractivity contribution is 7.07. The number of rotatable bonds is 14. The van der Waals surface area contributed by atoms with Crippen LogP contribution in [-0.2, 0) is 6.42 Å². The minimum Gasteiger partial charge on any atom is -0.314 e. The Morgan fingerprint density at radius 3 is 2.14 bits per heavy atom. The summed E-state index contributed by atoms with van der Waals surface area (Å²) in [6.45, 7) is 5.77. The lowest BCUT2D eigenvalue weighted by Crippen LogP contribution is -2.28. The van der Waals surface area contributed by atoms with Gasteiger partial charge in [-0.1, -0.05) is 64.7 Å². The van der Waals surface area contributed by atoms with Gasteiger partial charge in [-0.3, -0.25) is 0 Å². The summed E-state index contributed by atoms with van der Waals surface area (Å²) in [6, 6.07) is 2.85. The number of hydrogen-bond acceptors (Lipinski definition) is 2. The third-order valence-electron chi connectivity index (χ3n) is 4.15. The van der Waals surface area contributed by atoms with Crippen molar-refractivity contribution < 1.29 is 0 Å². The molecule has 0 aliphatic carbocycles. The largest absolute Gasteiger partial charge is 0.314 e. The SMILES string of the molecule is CCCCCCCCCCCCNC(C)Cc1ccsc1. The van der Waals surface area contributed by atoms with Gasteiger partial charge in [0.1, 0.15) is 0 Å². The van der Waals surface area contributed by atoms with E-state index in [9.17, 15) is 0 Å². The Labute approximate surface area is 136 Å². The van der Waals surface area contributed by atoms with E-state index in [2.05, 4.69) is 36.0 Å². The Morgan fingerprint density at radius 1 is 0.952 bits per heavy atom. The van der Waals surface area contributed by atoms with Crippen LogP contribution in [0.1, 0.15) is 83.6 Å². The maximum atomic E-state index is 3.65. The number of hydrogen-bond donors (Lipinski definition) is 1. The third kappa shape index (κ3) is 11.0. The van der Waals surface area contributed by atoms with Gasteiger partial charge in [0.25, 0.3) is 0 Å². The van der Waals surface area contributed by atoms with Crippen LogP contribution in [0.15, 0.2) is 16.8 Å².